The van der Waals surface area contributed by atoms with Gasteiger partial charge in [-0.1, -0.05) is 19.1 Å². The fourth-order valence-electron chi connectivity index (χ4n) is 3.13. The Labute approximate surface area is 134 Å². The first kappa shape index (κ1) is 17.3. The van der Waals surface area contributed by atoms with Gasteiger partial charge in [0.2, 0.25) is 0 Å². The number of nitrogens with zero attached hydrogens (tertiary/aromatic N) is 2. The Kier molecular flexibility index (Phi) is 6.24. The average molecular weight is 306 g/mol. The number of hydrogen-bond acceptors (Lipinski definition) is 4. The van der Waals surface area contributed by atoms with E-state index in [0.717, 1.165) is 6.54 Å². The molecule has 0 aliphatic carbocycles. The second-order valence-corrected chi connectivity index (χ2v) is 7.01. The van der Waals surface area contributed by atoms with Crippen LogP contribution in [0.3, 0.4) is 0 Å². The molecule has 1 heterocycles. The van der Waals surface area contributed by atoms with E-state index in [1.807, 2.05) is 14.0 Å². The van der Waals surface area contributed by atoms with Crippen LogP contribution in [0.15, 0.2) is 24.3 Å². The van der Waals surface area contributed by atoms with Gasteiger partial charge in [0.25, 0.3) is 0 Å². The Balaban J connectivity index is 1.90. The maximum absolute atomic E-state index is 9.39. The van der Waals surface area contributed by atoms with Crippen LogP contribution in [0, 0.1) is 5.41 Å². The van der Waals surface area contributed by atoms with Crippen LogP contribution in [0.1, 0.15) is 31.7 Å². The summed E-state index contributed by atoms with van der Waals surface area (Å²) in [6, 6.07) is 8.81. The molecule has 1 aromatic rings. The van der Waals surface area contributed by atoms with Crippen molar-refractivity contribution in [1.29, 1.82) is 0 Å². The topological polar surface area (TPSA) is 46.9 Å². The van der Waals surface area contributed by atoms with Gasteiger partial charge in [0.05, 0.1) is 13.2 Å². The molecule has 1 aliphatic rings. The Hall–Kier alpha value is -1.10. The number of piperidine rings is 1. The zero-order valence-corrected chi connectivity index (χ0v) is 14.0. The SMILES string of the molecule is CN(Cc1ccc(N2CCCCC2)cc1)CC(C)(CO)CO. The van der Waals surface area contributed by atoms with E-state index < -0.39 is 5.41 Å². The molecule has 2 N–H and O–H groups in total. The maximum atomic E-state index is 9.39. The van der Waals surface area contributed by atoms with Crippen LogP contribution in [0.2, 0.25) is 0 Å². The van der Waals surface area contributed by atoms with Crippen LogP contribution in [-0.4, -0.2) is 55.0 Å². The molecule has 22 heavy (non-hydrogen) atoms. The third kappa shape index (κ3) is 4.70. The Morgan fingerprint density at radius 2 is 1.64 bits per heavy atom. The zero-order valence-electron chi connectivity index (χ0n) is 14.0. The lowest BCUT2D eigenvalue weighted by molar-refractivity contribution is 0.0402. The zero-order chi connectivity index (χ0) is 16.0. The summed E-state index contributed by atoms with van der Waals surface area (Å²) in [4.78, 5) is 4.62. The van der Waals surface area contributed by atoms with Crippen molar-refractivity contribution in [2.45, 2.75) is 32.7 Å². The van der Waals surface area contributed by atoms with Gasteiger partial charge < -0.3 is 20.0 Å². The minimum absolute atomic E-state index is 0.00172. The first-order valence-electron chi connectivity index (χ1n) is 8.30. The van der Waals surface area contributed by atoms with Gasteiger partial charge in [0.15, 0.2) is 0 Å². The van der Waals surface area contributed by atoms with E-state index in [1.165, 1.54) is 43.6 Å². The van der Waals surface area contributed by atoms with Gasteiger partial charge in [-0.3, -0.25) is 0 Å². The number of aliphatic hydroxyl groups excluding tert-OH is 2. The lowest BCUT2D eigenvalue weighted by Crippen LogP contribution is -2.38. The molecule has 0 amide bonds. The van der Waals surface area contributed by atoms with Crippen molar-refractivity contribution < 1.29 is 10.2 Å². The minimum atomic E-state index is -0.442. The lowest BCUT2D eigenvalue weighted by atomic mass is 9.92. The van der Waals surface area contributed by atoms with Gasteiger partial charge in [0.1, 0.15) is 0 Å². The average Bonchev–Trinajstić information content (AvgIpc) is 2.56. The molecule has 0 spiro atoms. The summed E-state index contributed by atoms with van der Waals surface area (Å²) in [7, 11) is 2.03. The Morgan fingerprint density at radius 3 is 2.18 bits per heavy atom. The Morgan fingerprint density at radius 1 is 1.05 bits per heavy atom. The molecule has 2 rings (SSSR count). The number of aliphatic hydroxyl groups is 2. The first-order chi connectivity index (χ1) is 10.6. The van der Waals surface area contributed by atoms with Crippen LogP contribution < -0.4 is 4.90 Å². The fourth-order valence-corrected chi connectivity index (χ4v) is 3.13. The van der Waals surface area contributed by atoms with E-state index in [0.29, 0.717) is 6.54 Å². The standard InChI is InChI=1S/C18H30N2O2/c1-18(14-21,15-22)13-19(2)12-16-6-8-17(9-7-16)20-10-4-3-5-11-20/h6-9,21-22H,3-5,10-15H2,1-2H3. The maximum Gasteiger partial charge on any atom is 0.0519 e. The second kappa shape index (κ2) is 7.95. The van der Waals surface area contributed by atoms with E-state index in [4.69, 9.17) is 0 Å². The molecule has 0 saturated carbocycles. The highest BCUT2D eigenvalue weighted by molar-refractivity contribution is 5.47. The van der Waals surface area contributed by atoms with Gasteiger partial charge in [-0.2, -0.15) is 0 Å². The highest BCUT2D eigenvalue weighted by Gasteiger charge is 2.24. The van der Waals surface area contributed by atoms with E-state index >= 15 is 0 Å². The van der Waals surface area contributed by atoms with Crippen molar-refractivity contribution in [1.82, 2.24) is 4.90 Å². The highest BCUT2D eigenvalue weighted by atomic mass is 16.3. The van der Waals surface area contributed by atoms with Crippen LogP contribution in [0.5, 0.6) is 0 Å². The van der Waals surface area contributed by atoms with Gasteiger partial charge in [-0.15, -0.1) is 0 Å². The highest BCUT2D eigenvalue weighted by Crippen LogP contribution is 2.21. The van der Waals surface area contributed by atoms with E-state index in [9.17, 15) is 10.2 Å². The fraction of sp³-hybridized carbons (Fsp3) is 0.667. The molecule has 1 fully saturated rings. The molecular weight excluding hydrogens is 276 g/mol. The van der Waals surface area contributed by atoms with E-state index in [1.54, 1.807) is 0 Å². The van der Waals surface area contributed by atoms with Crippen LogP contribution in [0.4, 0.5) is 5.69 Å². The summed E-state index contributed by atoms with van der Waals surface area (Å²) < 4.78 is 0. The summed E-state index contributed by atoms with van der Waals surface area (Å²) >= 11 is 0. The smallest absolute Gasteiger partial charge is 0.0519 e. The molecule has 124 valence electrons. The molecule has 4 nitrogen and oxygen atoms in total. The van der Waals surface area contributed by atoms with Crippen LogP contribution in [-0.2, 0) is 6.54 Å². The first-order valence-corrected chi connectivity index (χ1v) is 8.30. The summed E-state index contributed by atoms with van der Waals surface area (Å²) in [6.45, 7) is 5.76. The molecule has 1 aromatic carbocycles. The molecule has 1 saturated heterocycles. The minimum Gasteiger partial charge on any atom is -0.396 e. The Bertz CT molecular complexity index is 437. The van der Waals surface area contributed by atoms with Crippen molar-refractivity contribution in [3.8, 4) is 0 Å². The quantitative estimate of drug-likeness (QED) is 0.810. The van der Waals surface area contributed by atoms with Crippen LogP contribution >= 0.6 is 0 Å². The largest absolute Gasteiger partial charge is 0.396 e. The van der Waals surface area contributed by atoms with Gasteiger partial charge in [-0.05, 0) is 44.0 Å². The monoisotopic (exact) mass is 306 g/mol. The molecule has 0 bridgehead atoms. The lowest BCUT2D eigenvalue weighted by Gasteiger charge is -2.31. The summed E-state index contributed by atoms with van der Waals surface area (Å²) in [5.41, 5.74) is 2.14. The van der Waals surface area contributed by atoms with Crippen molar-refractivity contribution >= 4 is 5.69 Å². The molecular formula is C18H30N2O2. The summed E-state index contributed by atoms with van der Waals surface area (Å²) in [6.07, 6.45) is 3.95. The summed E-state index contributed by atoms with van der Waals surface area (Å²) in [5, 5.41) is 18.8. The van der Waals surface area contributed by atoms with Crippen molar-refractivity contribution in [2.24, 2.45) is 5.41 Å². The normalized spacial score (nSPS) is 16.3. The predicted octanol–water partition coefficient (Wildman–Crippen LogP) is 2.10. The van der Waals surface area contributed by atoms with Crippen molar-refractivity contribution in [3.63, 3.8) is 0 Å². The molecule has 1 aliphatic heterocycles. The van der Waals surface area contributed by atoms with E-state index in [-0.39, 0.29) is 13.2 Å². The number of hydrogen-bond donors (Lipinski definition) is 2. The van der Waals surface area contributed by atoms with Gasteiger partial charge in [-0.25, -0.2) is 0 Å². The van der Waals surface area contributed by atoms with Crippen molar-refractivity contribution in [3.05, 3.63) is 29.8 Å². The molecule has 0 radical (unpaired) electrons. The number of rotatable bonds is 7. The molecule has 0 aromatic heterocycles. The number of benzene rings is 1. The van der Waals surface area contributed by atoms with Crippen molar-refractivity contribution in [2.75, 3.05) is 44.8 Å². The number of anilines is 1. The summed E-state index contributed by atoms with van der Waals surface area (Å²) in [5.74, 6) is 0. The van der Waals surface area contributed by atoms with Gasteiger partial charge >= 0.3 is 0 Å². The van der Waals surface area contributed by atoms with Gasteiger partial charge in [0, 0.05) is 37.3 Å². The van der Waals surface area contributed by atoms with E-state index in [2.05, 4.69) is 34.1 Å². The third-order valence-electron chi connectivity index (χ3n) is 4.53. The predicted molar refractivity (Wildman–Crippen MR) is 91.1 cm³/mol. The molecule has 0 atom stereocenters. The van der Waals surface area contributed by atoms with Crippen LogP contribution in [0.25, 0.3) is 0 Å². The molecule has 4 heteroatoms. The molecule has 0 unspecified atom stereocenters. The second-order valence-electron chi connectivity index (χ2n) is 7.01. The third-order valence-corrected chi connectivity index (χ3v) is 4.53.